The van der Waals surface area contributed by atoms with Crippen LogP contribution in [0, 0.1) is 11.3 Å². The average Bonchev–Trinajstić information content (AvgIpc) is 2.41. The summed E-state index contributed by atoms with van der Waals surface area (Å²) in [5.41, 5.74) is 1.88. The van der Waals surface area contributed by atoms with E-state index in [1.54, 1.807) is 6.08 Å². The summed E-state index contributed by atoms with van der Waals surface area (Å²) in [5.74, 6) is -0.523. The Labute approximate surface area is 105 Å². The van der Waals surface area contributed by atoms with E-state index in [1.807, 2.05) is 42.5 Å². The highest BCUT2D eigenvalue weighted by Gasteiger charge is 2.05. The van der Waals surface area contributed by atoms with Gasteiger partial charge in [0.15, 0.2) is 11.5 Å². The van der Waals surface area contributed by atoms with E-state index in [1.165, 1.54) is 12.1 Å². The fourth-order valence-electron chi connectivity index (χ4n) is 1.58. The Balaban J connectivity index is 2.38. The van der Waals surface area contributed by atoms with Gasteiger partial charge in [-0.2, -0.15) is 5.26 Å². The molecule has 0 radical (unpaired) electrons. The Morgan fingerprint density at radius 3 is 2.28 bits per heavy atom. The second-order valence-corrected chi connectivity index (χ2v) is 3.78. The molecule has 0 heterocycles. The lowest BCUT2D eigenvalue weighted by atomic mass is 10.1. The van der Waals surface area contributed by atoms with Crippen LogP contribution in [0.4, 0.5) is 0 Å². The third-order valence-corrected chi connectivity index (χ3v) is 2.52. The van der Waals surface area contributed by atoms with Crippen LogP contribution in [0.15, 0.2) is 42.5 Å². The van der Waals surface area contributed by atoms with E-state index in [2.05, 4.69) is 0 Å². The number of benzene rings is 2. The van der Waals surface area contributed by atoms with Gasteiger partial charge in [0.05, 0.1) is 11.6 Å². The Hall–Kier alpha value is -2.73. The van der Waals surface area contributed by atoms with E-state index >= 15 is 0 Å². The van der Waals surface area contributed by atoms with Gasteiger partial charge in [0.25, 0.3) is 0 Å². The molecule has 18 heavy (non-hydrogen) atoms. The number of hydrogen-bond donors (Lipinski definition) is 2. The quantitative estimate of drug-likeness (QED) is 0.623. The van der Waals surface area contributed by atoms with E-state index in [9.17, 15) is 10.2 Å². The maximum absolute atomic E-state index is 9.42. The molecule has 0 saturated carbocycles. The minimum absolute atomic E-state index is 0.235. The molecule has 0 unspecified atom stereocenters. The van der Waals surface area contributed by atoms with E-state index in [-0.39, 0.29) is 11.5 Å². The first-order valence-corrected chi connectivity index (χ1v) is 5.40. The highest BCUT2D eigenvalue weighted by Crippen LogP contribution is 2.29. The molecule has 0 aliphatic rings. The molecule has 0 fully saturated rings. The Bertz CT molecular complexity index is 625. The van der Waals surface area contributed by atoms with Crippen LogP contribution in [0.2, 0.25) is 0 Å². The van der Waals surface area contributed by atoms with Crippen molar-refractivity contribution in [2.45, 2.75) is 0 Å². The summed E-state index contributed by atoms with van der Waals surface area (Å²) in [6, 6.07) is 14.2. The predicted molar refractivity (Wildman–Crippen MR) is 69.9 cm³/mol. The zero-order valence-electron chi connectivity index (χ0n) is 9.54. The number of hydrogen-bond acceptors (Lipinski definition) is 3. The fraction of sp³-hybridized carbons (Fsp3) is 0. The van der Waals surface area contributed by atoms with Crippen LogP contribution in [0.3, 0.4) is 0 Å². The Kier molecular flexibility index (Phi) is 3.31. The molecule has 0 amide bonds. The van der Waals surface area contributed by atoms with Gasteiger partial charge in [-0.05, 0) is 17.2 Å². The van der Waals surface area contributed by atoms with Crippen molar-refractivity contribution in [2.75, 3.05) is 0 Å². The van der Waals surface area contributed by atoms with Crippen LogP contribution in [-0.4, -0.2) is 10.2 Å². The van der Waals surface area contributed by atoms with E-state index in [0.717, 1.165) is 5.56 Å². The van der Waals surface area contributed by atoms with E-state index < -0.39 is 0 Å². The van der Waals surface area contributed by atoms with Crippen molar-refractivity contribution in [3.8, 4) is 17.6 Å². The fourth-order valence-corrected chi connectivity index (χ4v) is 1.58. The molecule has 0 saturated heterocycles. The highest BCUT2D eigenvalue weighted by molar-refractivity contribution is 5.74. The molecule has 0 aromatic heterocycles. The molecule has 2 N–H and O–H groups in total. The number of rotatable bonds is 2. The van der Waals surface area contributed by atoms with Crippen molar-refractivity contribution in [3.63, 3.8) is 0 Å². The minimum Gasteiger partial charge on any atom is -0.504 e. The van der Waals surface area contributed by atoms with Crippen molar-refractivity contribution in [3.05, 3.63) is 59.2 Å². The maximum atomic E-state index is 9.42. The topological polar surface area (TPSA) is 64.2 Å². The minimum atomic E-state index is -0.289. The van der Waals surface area contributed by atoms with Gasteiger partial charge >= 0.3 is 0 Å². The van der Waals surface area contributed by atoms with E-state index in [4.69, 9.17) is 5.26 Å². The van der Waals surface area contributed by atoms with Crippen molar-refractivity contribution >= 4 is 12.2 Å². The van der Waals surface area contributed by atoms with Crippen LogP contribution in [0.1, 0.15) is 16.7 Å². The summed E-state index contributed by atoms with van der Waals surface area (Å²) in [6.45, 7) is 0. The maximum Gasteiger partial charge on any atom is 0.158 e. The summed E-state index contributed by atoms with van der Waals surface area (Å²) in [7, 11) is 0. The SMILES string of the molecule is N#Cc1cc(O)c(O)cc1C=Cc1ccccc1. The van der Waals surface area contributed by atoms with E-state index in [0.29, 0.717) is 11.1 Å². The zero-order valence-corrected chi connectivity index (χ0v) is 9.54. The van der Waals surface area contributed by atoms with Crippen LogP contribution in [0.5, 0.6) is 11.5 Å². The number of nitrogens with zero attached hydrogens (tertiary/aromatic N) is 1. The molecule has 88 valence electrons. The van der Waals surface area contributed by atoms with Gasteiger partial charge in [0, 0.05) is 6.07 Å². The number of aromatic hydroxyl groups is 2. The molecular formula is C15H11NO2. The molecule has 2 rings (SSSR count). The highest BCUT2D eigenvalue weighted by atomic mass is 16.3. The van der Waals surface area contributed by atoms with Crippen molar-refractivity contribution in [1.29, 1.82) is 5.26 Å². The number of phenols is 2. The van der Waals surface area contributed by atoms with Gasteiger partial charge < -0.3 is 10.2 Å². The van der Waals surface area contributed by atoms with Crippen LogP contribution in [-0.2, 0) is 0 Å². The summed E-state index contributed by atoms with van der Waals surface area (Å²) in [4.78, 5) is 0. The smallest absolute Gasteiger partial charge is 0.158 e. The summed E-state index contributed by atoms with van der Waals surface area (Å²) in [6.07, 6.45) is 3.57. The van der Waals surface area contributed by atoms with Crippen LogP contribution in [0.25, 0.3) is 12.2 Å². The average molecular weight is 237 g/mol. The van der Waals surface area contributed by atoms with Crippen LogP contribution < -0.4 is 0 Å². The molecule has 0 spiro atoms. The first kappa shape index (κ1) is 11.7. The van der Waals surface area contributed by atoms with Gasteiger partial charge in [0.2, 0.25) is 0 Å². The number of nitriles is 1. The third kappa shape index (κ3) is 2.50. The molecule has 3 nitrogen and oxygen atoms in total. The van der Waals surface area contributed by atoms with Gasteiger partial charge in [-0.1, -0.05) is 42.5 Å². The second-order valence-electron chi connectivity index (χ2n) is 3.78. The molecule has 0 bridgehead atoms. The Morgan fingerprint density at radius 1 is 0.944 bits per heavy atom. The molecular weight excluding hydrogens is 226 g/mol. The normalized spacial score (nSPS) is 10.4. The first-order valence-electron chi connectivity index (χ1n) is 5.40. The van der Waals surface area contributed by atoms with Crippen LogP contribution >= 0.6 is 0 Å². The molecule has 2 aromatic carbocycles. The molecule has 0 aliphatic heterocycles. The monoisotopic (exact) mass is 237 g/mol. The number of phenolic OH excluding ortho intramolecular Hbond substituents is 2. The lowest BCUT2D eigenvalue weighted by molar-refractivity contribution is 0.403. The third-order valence-electron chi connectivity index (χ3n) is 2.52. The molecule has 0 atom stereocenters. The predicted octanol–water partition coefficient (Wildman–Crippen LogP) is 3.14. The van der Waals surface area contributed by atoms with Crippen molar-refractivity contribution < 1.29 is 10.2 Å². The van der Waals surface area contributed by atoms with Gasteiger partial charge in [-0.25, -0.2) is 0 Å². The lowest BCUT2D eigenvalue weighted by Gasteiger charge is -2.02. The molecule has 3 heteroatoms. The van der Waals surface area contributed by atoms with Gasteiger partial charge in [0.1, 0.15) is 0 Å². The molecule has 0 aliphatic carbocycles. The largest absolute Gasteiger partial charge is 0.504 e. The summed E-state index contributed by atoms with van der Waals surface area (Å²) < 4.78 is 0. The summed E-state index contributed by atoms with van der Waals surface area (Å²) >= 11 is 0. The van der Waals surface area contributed by atoms with Crippen molar-refractivity contribution in [2.24, 2.45) is 0 Å². The Morgan fingerprint density at radius 2 is 1.61 bits per heavy atom. The van der Waals surface area contributed by atoms with Gasteiger partial charge in [-0.15, -0.1) is 0 Å². The first-order chi connectivity index (χ1) is 8.70. The second kappa shape index (κ2) is 5.07. The summed E-state index contributed by atoms with van der Waals surface area (Å²) in [5, 5.41) is 27.7. The van der Waals surface area contributed by atoms with Gasteiger partial charge in [-0.3, -0.25) is 0 Å². The lowest BCUT2D eigenvalue weighted by Crippen LogP contribution is -1.82. The standard InChI is InChI=1S/C15H11NO2/c16-10-13-9-15(18)14(17)8-12(13)7-6-11-4-2-1-3-5-11/h1-9,17-18H. The van der Waals surface area contributed by atoms with Crippen molar-refractivity contribution in [1.82, 2.24) is 0 Å². The zero-order chi connectivity index (χ0) is 13.0. The molecule has 2 aromatic rings.